The fourth-order valence-corrected chi connectivity index (χ4v) is 4.14. The average molecular weight is 505 g/mol. The van der Waals surface area contributed by atoms with Crippen molar-refractivity contribution >= 4 is 0 Å². The smallest absolute Gasteiger partial charge is 0.119 e. The number of ether oxygens (including phenoxy) is 2. The summed E-state index contributed by atoms with van der Waals surface area (Å²) in [5.41, 5.74) is 1.35. The predicted molar refractivity (Wildman–Crippen MR) is 150 cm³/mol. The zero-order chi connectivity index (χ0) is 26.6. The molecule has 0 bridgehead atoms. The van der Waals surface area contributed by atoms with Crippen molar-refractivity contribution in [1.29, 1.82) is 10.5 Å². The van der Waals surface area contributed by atoms with Crippen LogP contribution < -0.4 is 9.47 Å². The Bertz CT molecular complexity index is 924. The second-order valence-corrected chi connectivity index (χ2v) is 9.80. The van der Waals surface area contributed by atoms with Crippen molar-refractivity contribution in [2.75, 3.05) is 53.5 Å². The zero-order valence-electron chi connectivity index (χ0n) is 22.8. The van der Waals surface area contributed by atoms with E-state index in [0.717, 1.165) is 44.1 Å². The van der Waals surface area contributed by atoms with Gasteiger partial charge < -0.3 is 19.3 Å². The number of hydrogen-bond donors (Lipinski definition) is 0. The number of unbranched alkanes of at least 4 members (excludes halogenated alkanes) is 4. The fraction of sp³-hybridized carbons (Fsp3) is 0.548. The number of hydrogen-bond acceptors (Lipinski definition) is 6. The van der Waals surface area contributed by atoms with Gasteiger partial charge in [0.25, 0.3) is 0 Å². The molecular formula is C31H44N4O2. The first-order valence-corrected chi connectivity index (χ1v) is 13.7. The van der Waals surface area contributed by atoms with Gasteiger partial charge in [0.15, 0.2) is 0 Å². The van der Waals surface area contributed by atoms with Crippen LogP contribution in [0.4, 0.5) is 0 Å². The van der Waals surface area contributed by atoms with Gasteiger partial charge in [0.2, 0.25) is 0 Å². The monoisotopic (exact) mass is 504 g/mol. The highest BCUT2D eigenvalue weighted by molar-refractivity contribution is 5.35. The Balaban J connectivity index is 0.000000264. The van der Waals surface area contributed by atoms with Crippen LogP contribution in [0.5, 0.6) is 11.5 Å². The summed E-state index contributed by atoms with van der Waals surface area (Å²) in [6, 6.07) is 18.8. The van der Waals surface area contributed by atoms with Crippen LogP contribution >= 0.6 is 0 Å². The number of nitrogens with zero attached hydrogens (tertiary/aromatic N) is 4. The van der Waals surface area contributed by atoms with Gasteiger partial charge in [-0.15, -0.1) is 0 Å². The molecule has 1 saturated heterocycles. The first kappa shape index (κ1) is 30.2. The SMILES string of the molecule is CN(C)CCCCCOc1ccc(C#N)cc1.N#Cc1ccc(OCCCCCN2CCCCC2)cc1. The maximum atomic E-state index is 8.71. The molecule has 1 fully saturated rings. The van der Waals surface area contributed by atoms with Crippen LogP contribution in [0.3, 0.4) is 0 Å². The van der Waals surface area contributed by atoms with Gasteiger partial charge in [-0.25, -0.2) is 0 Å². The quantitative estimate of drug-likeness (QED) is 0.283. The first-order valence-electron chi connectivity index (χ1n) is 13.7. The van der Waals surface area contributed by atoms with Gasteiger partial charge >= 0.3 is 0 Å². The first-order chi connectivity index (χ1) is 18.1. The molecule has 6 nitrogen and oxygen atoms in total. The molecule has 3 rings (SSSR count). The average Bonchev–Trinajstić information content (AvgIpc) is 2.94. The largest absolute Gasteiger partial charge is 0.494 e. The Hall–Kier alpha value is -3.06. The highest BCUT2D eigenvalue weighted by Crippen LogP contribution is 2.14. The van der Waals surface area contributed by atoms with Crippen molar-refractivity contribution in [2.24, 2.45) is 0 Å². The lowest BCUT2D eigenvalue weighted by Crippen LogP contribution is -2.30. The van der Waals surface area contributed by atoms with E-state index in [9.17, 15) is 0 Å². The molecule has 0 aromatic heterocycles. The number of benzene rings is 2. The van der Waals surface area contributed by atoms with Crippen molar-refractivity contribution in [3.63, 3.8) is 0 Å². The van der Waals surface area contributed by atoms with E-state index >= 15 is 0 Å². The molecule has 0 aliphatic carbocycles. The maximum Gasteiger partial charge on any atom is 0.119 e. The standard InChI is InChI=1S/C17H24N2O.C14H20N2O/c18-15-16-7-9-17(10-8-16)20-14-6-2-5-13-19-11-3-1-4-12-19;1-16(2)10-4-3-5-11-17-14-8-6-13(12-15)7-9-14/h7-10H,1-6,11-14H2;6-9H,3-5,10-11H2,1-2H3. The van der Waals surface area contributed by atoms with Crippen molar-refractivity contribution in [3.8, 4) is 23.6 Å². The Kier molecular flexibility index (Phi) is 15.6. The van der Waals surface area contributed by atoms with Crippen LogP contribution in [0.25, 0.3) is 0 Å². The molecule has 6 heteroatoms. The molecule has 0 unspecified atom stereocenters. The van der Waals surface area contributed by atoms with Gasteiger partial charge in [-0.3, -0.25) is 0 Å². The molecule has 1 aliphatic heterocycles. The molecule has 0 saturated carbocycles. The summed E-state index contributed by atoms with van der Waals surface area (Å²) in [7, 11) is 4.18. The van der Waals surface area contributed by atoms with E-state index in [1.807, 2.05) is 24.3 Å². The summed E-state index contributed by atoms with van der Waals surface area (Å²) < 4.78 is 11.3. The molecule has 0 spiro atoms. The number of likely N-dealkylation sites (tertiary alicyclic amines) is 1. The van der Waals surface area contributed by atoms with E-state index in [4.69, 9.17) is 20.0 Å². The van der Waals surface area contributed by atoms with E-state index in [2.05, 4.69) is 36.0 Å². The molecule has 0 amide bonds. The molecule has 0 atom stereocenters. The molecule has 1 heterocycles. The van der Waals surface area contributed by atoms with Crippen molar-refractivity contribution in [1.82, 2.24) is 9.80 Å². The molecule has 2 aromatic carbocycles. The number of piperidine rings is 1. The maximum absolute atomic E-state index is 8.71. The van der Waals surface area contributed by atoms with Gasteiger partial charge in [-0.1, -0.05) is 6.42 Å². The van der Waals surface area contributed by atoms with Crippen molar-refractivity contribution in [2.45, 2.75) is 57.8 Å². The van der Waals surface area contributed by atoms with Gasteiger partial charge in [-0.2, -0.15) is 10.5 Å². The topological polar surface area (TPSA) is 72.5 Å². The Morgan fingerprint density at radius 3 is 1.62 bits per heavy atom. The van der Waals surface area contributed by atoms with Gasteiger partial charge in [0, 0.05) is 0 Å². The summed E-state index contributed by atoms with van der Waals surface area (Å²) in [6.07, 6.45) is 11.3. The van der Waals surface area contributed by atoms with Crippen molar-refractivity contribution < 1.29 is 9.47 Å². The minimum absolute atomic E-state index is 0.670. The normalized spacial score (nSPS) is 13.2. The van der Waals surface area contributed by atoms with Gasteiger partial charge in [0.05, 0.1) is 36.5 Å². The molecular weight excluding hydrogens is 460 g/mol. The summed E-state index contributed by atoms with van der Waals surface area (Å²) >= 11 is 0. The molecule has 1 aliphatic rings. The van der Waals surface area contributed by atoms with E-state index in [-0.39, 0.29) is 0 Å². The minimum Gasteiger partial charge on any atom is -0.494 e. The third kappa shape index (κ3) is 14.3. The van der Waals surface area contributed by atoms with Crippen LogP contribution in [0.15, 0.2) is 48.5 Å². The van der Waals surface area contributed by atoms with Gasteiger partial charge in [0.1, 0.15) is 11.5 Å². The molecule has 0 radical (unpaired) electrons. The Labute approximate surface area is 224 Å². The van der Waals surface area contributed by atoms with Crippen LogP contribution in [-0.4, -0.2) is 63.3 Å². The van der Waals surface area contributed by atoms with Crippen LogP contribution in [0.2, 0.25) is 0 Å². The molecule has 0 N–H and O–H groups in total. The van der Waals surface area contributed by atoms with E-state index in [1.165, 1.54) is 64.6 Å². The summed E-state index contributed by atoms with van der Waals surface area (Å²) in [5.74, 6) is 1.71. The second-order valence-electron chi connectivity index (χ2n) is 9.80. The second kappa shape index (κ2) is 19.1. The van der Waals surface area contributed by atoms with E-state index in [0.29, 0.717) is 11.1 Å². The van der Waals surface area contributed by atoms with E-state index in [1.54, 1.807) is 24.3 Å². The summed E-state index contributed by atoms with van der Waals surface area (Å²) in [4.78, 5) is 4.78. The van der Waals surface area contributed by atoms with E-state index < -0.39 is 0 Å². The third-order valence-electron chi connectivity index (χ3n) is 6.32. The lowest BCUT2D eigenvalue weighted by Gasteiger charge is -2.26. The van der Waals surface area contributed by atoms with Crippen LogP contribution in [0, 0.1) is 22.7 Å². The fourth-order valence-electron chi connectivity index (χ4n) is 4.14. The molecule has 2 aromatic rings. The minimum atomic E-state index is 0.670. The van der Waals surface area contributed by atoms with Crippen molar-refractivity contribution in [3.05, 3.63) is 59.7 Å². The highest BCUT2D eigenvalue weighted by atomic mass is 16.5. The van der Waals surface area contributed by atoms with Crippen LogP contribution in [0.1, 0.15) is 68.9 Å². The summed E-state index contributed by atoms with van der Waals surface area (Å²) in [5, 5.41) is 17.4. The predicted octanol–water partition coefficient (Wildman–Crippen LogP) is 6.26. The molecule has 37 heavy (non-hydrogen) atoms. The summed E-state index contributed by atoms with van der Waals surface area (Å²) in [6.45, 7) is 6.49. The van der Waals surface area contributed by atoms with Gasteiger partial charge in [-0.05, 0) is 140 Å². The number of nitriles is 2. The van der Waals surface area contributed by atoms with Crippen LogP contribution in [-0.2, 0) is 0 Å². The lowest BCUT2D eigenvalue weighted by molar-refractivity contribution is 0.221. The molecule has 200 valence electrons. The lowest BCUT2D eigenvalue weighted by atomic mass is 10.1. The third-order valence-corrected chi connectivity index (χ3v) is 6.32. The Morgan fingerprint density at radius 2 is 1.16 bits per heavy atom. The zero-order valence-corrected chi connectivity index (χ0v) is 22.8. The highest BCUT2D eigenvalue weighted by Gasteiger charge is 2.08. The number of rotatable bonds is 14. The Morgan fingerprint density at radius 1 is 0.676 bits per heavy atom.